The molecule has 8 heteroatoms. The van der Waals surface area contributed by atoms with Crippen LogP contribution in [0.1, 0.15) is 10.4 Å². The van der Waals surface area contributed by atoms with Crippen LogP contribution in [0.25, 0.3) is 11.4 Å². The third-order valence-corrected chi connectivity index (χ3v) is 3.66. The van der Waals surface area contributed by atoms with Gasteiger partial charge in [-0.05, 0) is 24.3 Å². The zero-order valence-corrected chi connectivity index (χ0v) is 14.5. The second-order valence-electron chi connectivity index (χ2n) is 5.03. The zero-order valence-electron chi connectivity index (χ0n) is 14.5. The van der Waals surface area contributed by atoms with Crippen molar-refractivity contribution < 1.29 is 23.7 Å². The number of carbonyl (C=O) groups excluding carboxylic acids is 1. The molecule has 0 saturated heterocycles. The lowest BCUT2D eigenvalue weighted by atomic mass is 10.2. The first-order valence-corrected chi connectivity index (χ1v) is 7.43. The summed E-state index contributed by atoms with van der Waals surface area (Å²) in [7, 11) is 5.69. The molecule has 25 heavy (non-hydrogen) atoms. The standard InChI is InChI=1S/C17H20N2O6/c1-22-12-7-5-11(6-8-12)15-18-9-13(17(21)25-4)16(20)19(15)10-14(23-2)24-3/h5-9,14H,10H2,1-4H3. The minimum atomic E-state index is -0.751. The van der Waals surface area contributed by atoms with Crippen LogP contribution in [-0.4, -0.2) is 50.2 Å². The van der Waals surface area contributed by atoms with Gasteiger partial charge in [0.05, 0.1) is 20.8 Å². The van der Waals surface area contributed by atoms with E-state index in [1.165, 1.54) is 32.1 Å². The number of esters is 1. The molecule has 1 heterocycles. The number of hydrogen-bond donors (Lipinski definition) is 0. The van der Waals surface area contributed by atoms with Crippen LogP contribution < -0.4 is 10.3 Å². The zero-order chi connectivity index (χ0) is 18.4. The van der Waals surface area contributed by atoms with Crippen molar-refractivity contribution in [3.63, 3.8) is 0 Å². The van der Waals surface area contributed by atoms with Crippen LogP contribution in [-0.2, 0) is 20.8 Å². The van der Waals surface area contributed by atoms with Crippen molar-refractivity contribution in [2.75, 3.05) is 28.4 Å². The summed E-state index contributed by atoms with van der Waals surface area (Å²) in [6.07, 6.45) is 0.531. The Morgan fingerprint density at radius 1 is 1.12 bits per heavy atom. The van der Waals surface area contributed by atoms with Gasteiger partial charge >= 0.3 is 5.97 Å². The molecule has 0 spiro atoms. The number of aromatic nitrogens is 2. The quantitative estimate of drug-likeness (QED) is 0.551. The first-order valence-electron chi connectivity index (χ1n) is 7.43. The first-order chi connectivity index (χ1) is 12.0. The van der Waals surface area contributed by atoms with Crippen LogP contribution in [0.15, 0.2) is 35.3 Å². The van der Waals surface area contributed by atoms with Gasteiger partial charge in [0.1, 0.15) is 17.1 Å². The van der Waals surface area contributed by atoms with Crippen molar-refractivity contribution in [2.45, 2.75) is 12.8 Å². The molecule has 0 fully saturated rings. The van der Waals surface area contributed by atoms with E-state index in [0.717, 1.165) is 0 Å². The van der Waals surface area contributed by atoms with Gasteiger partial charge in [0.2, 0.25) is 0 Å². The molecule has 0 N–H and O–H groups in total. The Kier molecular flexibility index (Phi) is 6.26. The minimum Gasteiger partial charge on any atom is -0.497 e. The highest BCUT2D eigenvalue weighted by atomic mass is 16.7. The highest BCUT2D eigenvalue weighted by molar-refractivity contribution is 5.88. The molecule has 0 radical (unpaired) electrons. The molecule has 0 saturated carbocycles. The summed E-state index contributed by atoms with van der Waals surface area (Å²) in [5.74, 6) is 0.300. The molecule has 0 aliphatic heterocycles. The Morgan fingerprint density at radius 3 is 2.28 bits per heavy atom. The summed E-state index contributed by atoms with van der Waals surface area (Å²) >= 11 is 0. The van der Waals surface area contributed by atoms with Gasteiger partial charge in [-0.25, -0.2) is 9.78 Å². The van der Waals surface area contributed by atoms with Gasteiger partial charge in [-0.2, -0.15) is 0 Å². The average Bonchev–Trinajstić information content (AvgIpc) is 2.66. The van der Waals surface area contributed by atoms with Gasteiger partial charge in [-0.3, -0.25) is 9.36 Å². The predicted molar refractivity (Wildman–Crippen MR) is 89.6 cm³/mol. The van der Waals surface area contributed by atoms with Gasteiger partial charge in [0.15, 0.2) is 6.29 Å². The molecule has 0 aliphatic rings. The molecular formula is C17H20N2O6. The molecule has 0 amide bonds. The highest BCUT2D eigenvalue weighted by Gasteiger charge is 2.20. The fourth-order valence-electron chi connectivity index (χ4n) is 2.28. The molecule has 1 aromatic heterocycles. The Bertz CT molecular complexity index is 781. The topological polar surface area (TPSA) is 88.9 Å². The molecule has 0 aliphatic carbocycles. The number of hydrogen-bond acceptors (Lipinski definition) is 7. The van der Waals surface area contributed by atoms with E-state index in [2.05, 4.69) is 9.72 Å². The summed E-state index contributed by atoms with van der Waals surface area (Å²) in [4.78, 5) is 28.8. The van der Waals surface area contributed by atoms with Crippen LogP contribution in [0.4, 0.5) is 0 Å². The van der Waals surface area contributed by atoms with Gasteiger partial charge < -0.3 is 18.9 Å². The Morgan fingerprint density at radius 2 is 1.76 bits per heavy atom. The third-order valence-electron chi connectivity index (χ3n) is 3.66. The van der Waals surface area contributed by atoms with Crippen molar-refractivity contribution in [3.05, 3.63) is 46.4 Å². The van der Waals surface area contributed by atoms with E-state index in [0.29, 0.717) is 17.1 Å². The SMILES string of the molecule is COC(=O)c1cnc(-c2ccc(OC)cc2)n(CC(OC)OC)c1=O. The third kappa shape index (κ3) is 4.04. The van der Waals surface area contributed by atoms with Gasteiger partial charge in [-0.15, -0.1) is 0 Å². The van der Waals surface area contributed by atoms with Crippen LogP contribution in [0.3, 0.4) is 0 Å². The van der Waals surface area contributed by atoms with Crippen molar-refractivity contribution in [3.8, 4) is 17.1 Å². The van der Waals surface area contributed by atoms with E-state index in [4.69, 9.17) is 14.2 Å². The first kappa shape index (κ1) is 18.6. The van der Waals surface area contributed by atoms with E-state index < -0.39 is 17.8 Å². The highest BCUT2D eigenvalue weighted by Crippen LogP contribution is 2.20. The summed E-state index contributed by atoms with van der Waals surface area (Å²) in [5.41, 5.74) is -0.0160. The second kappa shape index (κ2) is 8.41. The summed E-state index contributed by atoms with van der Waals surface area (Å²) < 4.78 is 21.4. The van der Waals surface area contributed by atoms with Crippen molar-refractivity contribution in [1.29, 1.82) is 0 Å². The molecule has 0 bridgehead atoms. The molecular weight excluding hydrogens is 328 g/mol. The molecule has 2 rings (SSSR count). The maximum Gasteiger partial charge on any atom is 0.345 e. The van der Waals surface area contributed by atoms with Gasteiger partial charge in [-0.1, -0.05) is 0 Å². The monoisotopic (exact) mass is 348 g/mol. The van der Waals surface area contributed by atoms with Gasteiger partial charge in [0.25, 0.3) is 5.56 Å². The maximum atomic E-state index is 12.7. The van der Waals surface area contributed by atoms with E-state index in [1.54, 1.807) is 31.4 Å². The Hall–Kier alpha value is -2.71. The lowest BCUT2D eigenvalue weighted by Gasteiger charge is -2.18. The van der Waals surface area contributed by atoms with Crippen molar-refractivity contribution >= 4 is 5.97 Å². The average molecular weight is 348 g/mol. The molecule has 2 aromatic rings. The van der Waals surface area contributed by atoms with Crippen LogP contribution in [0, 0.1) is 0 Å². The van der Waals surface area contributed by atoms with E-state index >= 15 is 0 Å². The number of rotatable bonds is 7. The fraction of sp³-hybridized carbons (Fsp3) is 0.353. The van der Waals surface area contributed by atoms with E-state index in [9.17, 15) is 9.59 Å². The lowest BCUT2D eigenvalue weighted by Crippen LogP contribution is -2.34. The van der Waals surface area contributed by atoms with Crippen LogP contribution >= 0.6 is 0 Å². The minimum absolute atomic E-state index is 0.0605. The number of methoxy groups -OCH3 is 4. The number of nitrogens with zero attached hydrogens (tertiary/aromatic N) is 2. The Balaban J connectivity index is 2.59. The molecule has 1 aromatic carbocycles. The summed E-state index contributed by atoms with van der Waals surface area (Å²) in [5, 5.41) is 0. The smallest absolute Gasteiger partial charge is 0.345 e. The van der Waals surface area contributed by atoms with E-state index in [-0.39, 0.29) is 12.1 Å². The molecule has 0 atom stereocenters. The predicted octanol–water partition coefficient (Wildman–Crippen LogP) is 1.32. The summed E-state index contributed by atoms with van der Waals surface area (Å²) in [6, 6.07) is 7.04. The number of ether oxygens (including phenoxy) is 4. The lowest BCUT2D eigenvalue weighted by molar-refractivity contribution is -0.111. The molecule has 0 unspecified atom stereocenters. The molecule has 8 nitrogen and oxygen atoms in total. The van der Waals surface area contributed by atoms with Crippen LogP contribution in [0.5, 0.6) is 5.75 Å². The summed E-state index contributed by atoms with van der Waals surface area (Å²) in [6.45, 7) is 0.0605. The van der Waals surface area contributed by atoms with Crippen molar-refractivity contribution in [2.24, 2.45) is 0 Å². The van der Waals surface area contributed by atoms with Gasteiger partial charge in [0, 0.05) is 26.0 Å². The largest absolute Gasteiger partial charge is 0.497 e. The normalized spacial score (nSPS) is 10.8. The fourth-order valence-corrected chi connectivity index (χ4v) is 2.28. The molecule has 134 valence electrons. The Labute approximate surface area is 144 Å². The van der Waals surface area contributed by atoms with E-state index in [1.807, 2.05) is 0 Å². The maximum absolute atomic E-state index is 12.7. The van der Waals surface area contributed by atoms with Crippen molar-refractivity contribution in [1.82, 2.24) is 9.55 Å². The number of carbonyl (C=O) groups is 1. The number of benzene rings is 1. The second-order valence-corrected chi connectivity index (χ2v) is 5.03. The van der Waals surface area contributed by atoms with Crippen LogP contribution in [0.2, 0.25) is 0 Å².